The van der Waals surface area contributed by atoms with Crippen LogP contribution in [-0.2, 0) is 30.3 Å². The molecular weight excluding hydrogens is 390 g/mol. The summed E-state index contributed by atoms with van der Waals surface area (Å²) in [5.41, 5.74) is 1.69. The van der Waals surface area contributed by atoms with Gasteiger partial charge in [-0.15, -0.1) is 0 Å². The Hall–Kier alpha value is -1.44. The zero-order valence-electron chi connectivity index (χ0n) is 15.1. The molecule has 138 valence electrons. The maximum absolute atomic E-state index is 12.6. The predicted molar refractivity (Wildman–Crippen MR) is 96.0 cm³/mol. The van der Waals surface area contributed by atoms with Crippen molar-refractivity contribution < 1.29 is 23.9 Å². The molecule has 0 aliphatic carbocycles. The van der Waals surface area contributed by atoms with E-state index in [1.165, 1.54) is 7.11 Å². The van der Waals surface area contributed by atoms with Crippen molar-refractivity contribution >= 4 is 27.9 Å². The molecule has 1 aliphatic rings. The number of piperidine rings is 1. The molecule has 0 radical (unpaired) electrons. The standard InChI is InChI=1S/C18H24BrNO5/c1-12-9-14(19)10-13(2)15(12)11-16(21)25-18(17(22)23-3)5-7-20(24-4)8-6-18/h9-10H,5-8,11H2,1-4H3. The summed E-state index contributed by atoms with van der Waals surface area (Å²) in [6.45, 7) is 4.89. The highest BCUT2D eigenvalue weighted by Gasteiger charge is 2.46. The summed E-state index contributed by atoms with van der Waals surface area (Å²) >= 11 is 3.45. The number of hydrogen-bond acceptors (Lipinski definition) is 6. The van der Waals surface area contributed by atoms with Gasteiger partial charge in [0.2, 0.25) is 5.60 Å². The average Bonchev–Trinajstić information content (AvgIpc) is 2.58. The van der Waals surface area contributed by atoms with E-state index in [0.29, 0.717) is 25.9 Å². The molecule has 0 bridgehead atoms. The van der Waals surface area contributed by atoms with Crippen molar-refractivity contribution in [3.63, 3.8) is 0 Å². The third-order valence-electron chi connectivity index (χ3n) is 4.64. The molecule has 1 fully saturated rings. The van der Waals surface area contributed by atoms with Crippen molar-refractivity contribution in [3.05, 3.63) is 33.3 Å². The summed E-state index contributed by atoms with van der Waals surface area (Å²) in [7, 11) is 2.89. The van der Waals surface area contributed by atoms with Crippen LogP contribution < -0.4 is 0 Å². The fourth-order valence-corrected chi connectivity index (χ4v) is 3.87. The Balaban J connectivity index is 2.14. The Morgan fingerprint density at radius 1 is 1.16 bits per heavy atom. The monoisotopic (exact) mass is 413 g/mol. The normalized spacial score (nSPS) is 17.2. The lowest BCUT2D eigenvalue weighted by atomic mass is 9.91. The lowest BCUT2D eigenvalue weighted by Crippen LogP contribution is -2.52. The summed E-state index contributed by atoms with van der Waals surface area (Å²) in [6.07, 6.45) is 0.812. The lowest BCUT2D eigenvalue weighted by Gasteiger charge is -2.37. The molecule has 25 heavy (non-hydrogen) atoms. The van der Waals surface area contributed by atoms with Crippen LogP contribution >= 0.6 is 15.9 Å². The smallest absolute Gasteiger partial charge is 0.350 e. The second-order valence-electron chi connectivity index (χ2n) is 6.27. The number of carbonyl (C=O) groups is 2. The largest absolute Gasteiger partial charge is 0.466 e. The molecule has 6 nitrogen and oxygen atoms in total. The molecule has 0 unspecified atom stereocenters. The third-order valence-corrected chi connectivity index (χ3v) is 5.09. The van der Waals surface area contributed by atoms with E-state index >= 15 is 0 Å². The number of benzene rings is 1. The predicted octanol–water partition coefficient (Wildman–Crippen LogP) is 2.72. The van der Waals surface area contributed by atoms with Gasteiger partial charge in [0.25, 0.3) is 0 Å². The second-order valence-corrected chi connectivity index (χ2v) is 7.18. The van der Waals surface area contributed by atoms with Crippen LogP contribution in [0.2, 0.25) is 0 Å². The first kappa shape index (κ1) is 19.9. The number of halogens is 1. The van der Waals surface area contributed by atoms with E-state index in [-0.39, 0.29) is 6.42 Å². The number of hydroxylamine groups is 2. The summed E-state index contributed by atoms with van der Waals surface area (Å²) in [6, 6.07) is 3.92. The van der Waals surface area contributed by atoms with Crippen LogP contribution in [0.15, 0.2) is 16.6 Å². The molecule has 1 heterocycles. The number of carbonyl (C=O) groups excluding carboxylic acids is 2. The minimum absolute atomic E-state index is 0.123. The first-order valence-electron chi connectivity index (χ1n) is 8.16. The van der Waals surface area contributed by atoms with Gasteiger partial charge in [0.15, 0.2) is 0 Å². The molecule has 0 spiro atoms. The highest BCUT2D eigenvalue weighted by Crippen LogP contribution is 2.29. The molecule has 0 saturated carbocycles. The molecule has 2 rings (SSSR count). The molecular formula is C18H24BrNO5. The van der Waals surface area contributed by atoms with Crippen LogP contribution in [0.3, 0.4) is 0 Å². The van der Waals surface area contributed by atoms with Crippen molar-refractivity contribution in [1.29, 1.82) is 0 Å². The van der Waals surface area contributed by atoms with Crippen molar-refractivity contribution in [2.24, 2.45) is 0 Å². The lowest BCUT2D eigenvalue weighted by molar-refractivity contribution is -0.205. The number of aryl methyl sites for hydroxylation is 2. The quantitative estimate of drug-likeness (QED) is 0.691. The van der Waals surface area contributed by atoms with Gasteiger partial charge in [0, 0.05) is 30.4 Å². The Morgan fingerprint density at radius 3 is 2.20 bits per heavy atom. The molecule has 1 aromatic rings. The van der Waals surface area contributed by atoms with Gasteiger partial charge in [-0.2, -0.15) is 5.06 Å². The number of rotatable bonds is 5. The topological polar surface area (TPSA) is 65.1 Å². The zero-order valence-corrected chi connectivity index (χ0v) is 16.6. The van der Waals surface area contributed by atoms with E-state index in [2.05, 4.69) is 15.9 Å². The molecule has 0 amide bonds. The Labute approximate surface area is 156 Å². The van der Waals surface area contributed by atoms with E-state index in [1.54, 1.807) is 12.2 Å². The number of nitrogens with zero attached hydrogens (tertiary/aromatic N) is 1. The molecule has 0 N–H and O–H groups in total. The SMILES string of the molecule is COC(=O)C1(OC(=O)Cc2c(C)cc(Br)cc2C)CCN(OC)CC1. The second kappa shape index (κ2) is 8.29. The van der Waals surface area contributed by atoms with E-state index in [4.69, 9.17) is 14.3 Å². The maximum atomic E-state index is 12.6. The zero-order chi connectivity index (χ0) is 18.6. The highest BCUT2D eigenvalue weighted by atomic mass is 79.9. The fourth-order valence-electron chi connectivity index (χ4n) is 3.18. The van der Waals surface area contributed by atoms with Gasteiger partial charge < -0.3 is 14.3 Å². The van der Waals surface area contributed by atoms with Gasteiger partial charge in [-0.1, -0.05) is 15.9 Å². The first-order chi connectivity index (χ1) is 11.8. The Kier molecular flexibility index (Phi) is 6.59. The first-order valence-corrected chi connectivity index (χ1v) is 8.95. The minimum Gasteiger partial charge on any atom is -0.466 e. The fraction of sp³-hybridized carbons (Fsp3) is 0.556. The van der Waals surface area contributed by atoms with E-state index in [9.17, 15) is 9.59 Å². The summed E-state index contributed by atoms with van der Waals surface area (Å²) in [5.74, 6) is -0.939. The summed E-state index contributed by atoms with van der Waals surface area (Å²) < 4.78 is 11.5. The molecule has 0 aromatic heterocycles. The number of hydrogen-bond donors (Lipinski definition) is 0. The van der Waals surface area contributed by atoms with Crippen molar-refractivity contribution in [1.82, 2.24) is 5.06 Å². The van der Waals surface area contributed by atoms with Crippen molar-refractivity contribution in [2.75, 3.05) is 27.3 Å². The molecule has 1 aliphatic heterocycles. The third kappa shape index (κ3) is 4.59. The minimum atomic E-state index is -1.24. The molecule has 0 atom stereocenters. The van der Waals surface area contributed by atoms with Crippen molar-refractivity contribution in [3.8, 4) is 0 Å². The Bertz CT molecular complexity index is 630. The van der Waals surface area contributed by atoms with E-state index < -0.39 is 17.5 Å². The molecule has 1 aromatic carbocycles. The van der Waals surface area contributed by atoms with Gasteiger partial charge in [0.05, 0.1) is 20.6 Å². The van der Waals surface area contributed by atoms with Gasteiger partial charge >= 0.3 is 11.9 Å². The maximum Gasteiger partial charge on any atom is 0.350 e. The Morgan fingerprint density at radius 2 is 1.72 bits per heavy atom. The van der Waals surface area contributed by atoms with Crippen LogP contribution in [-0.4, -0.2) is 49.9 Å². The van der Waals surface area contributed by atoms with E-state index in [1.807, 2.05) is 26.0 Å². The van der Waals surface area contributed by atoms with Crippen molar-refractivity contribution in [2.45, 2.75) is 38.7 Å². The van der Waals surface area contributed by atoms with Crippen LogP contribution in [0.25, 0.3) is 0 Å². The van der Waals surface area contributed by atoms with Gasteiger partial charge in [-0.3, -0.25) is 4.79 Å². The van der Waals surface area contributed by atoms with Gasteiger partial charge in [-0.05, 0) is 42.7 Å². The highest BCUT2D eigenvalue weighted by molar-refractivity contribution is 9.10. The number of esters is 2. The average molecular weight is 414 g/mol. The molecule has 7 heteroatoms. The summed E-state index contributed by atoms with van der Waals surface area (Å²) in [4.78, 5) is 30.0. The number of methoxy groups -OCH3 is 1. The van der Waals surface area contributed by atoms with E-state index in [0.717, 1.165) is 21.2 Å². The van der Waals surface area contributed by atoms with Gasteiger partial charge in [-0.25, -0.2) is 4.79 Å². The molecule has 1 saturated heterocycles. The van der Waals surface area contributed by atoms with Gasteiger partial charge in [0.1, 0.15) is 0 Å². The van der Waals surface area contributed by atoms with Crippen LogP contribution in [0.4, 0.5) is 0 Å². The van der Waals surface area contributed by atoms with Crippen LogP contribution in [0.1, 0.15) is 29.5 Å². The number of ether oxygens (including phenoxy) is 2. The summed E-state index contributed by atoms with van der Waals surface area (Å²) in [5, 5.41) is 1.73. The van der Waals surface area contributed by atoms with Crippen LogP contribution in [0.5, 0.6) is 0 Å². The van der Waals surface area contributed by atoms with Crippen LogP contribution in [0, 0.1) is 13.8 Å².